The number of hydrogen-bond acceptors (Lipinski definition) is 3. The molecule has 0 aromatic heterocycles. The van der Waals surface area contributed by atoms with Crippen LogP contribution in [0, 0.1) is 5.92 Å². The number of carbonyl (C=O) groups is 1. The van der Waals surface area contributed by atoms with Crippen LogP contribution in [0.25, 0.3) is 0 Å². The van der Waals surface area contributed by atoms with Gasteiger partial charge in [-0.15, -0.1) is 0 Å². The molecule has 1 aliphatic carbocycles. The van der Waals surface area contributed by atoms with E-state index in [0.29, 0.717) is 5.71 Å². The van der Waals surface area contributed by atoms with Crippen molar-refractivity contribution in [1.29, 1.82) is 0 Å². The topological polar surface area (TPSA) is 38.7 Å². The van der Waals surface area contributed by atoms with Crippen LogP contribution in [-0.2, 0) is 9.63 Å². The fraction of sp³-hybridized carbons (Fsp3) is 0.222. The Morgan fingerprint density at radius 3 is 2.33 bits per heavy atom. The first-order chi connectivity index (χ1) is 10.3. The maximum Gasteiger partial charge on any atom is 0.338 e. The highest BCUT2D eigenvalue weighted by Crippen LogP contribution is 2.48. The van der Waals surface area contributed by atoms with Crippen LogP contribution in [0.15, 0.2) is 65.8 Å². The summed E-state index contributed by atoms with van der Waals surface area (Å²) in [7, 11) is 0. The normalized spacial score (nSPS) is 20.9. The standard InChI is InChI=1S/C18H17NO2/c1-13(14-8-4-2-5-9-14)19-21-18(20)17-12-16(17)15-10-6-3-7-11-15/h2-11,16-17H,12H2,1H3. The number of benzene rings is 2. The zero-order chi connectivity index (χ0) is 14.7. The van der Waals surface area contributed by atoms with Crippen LogP contribution in [0.5, 0.6) is 0 Å². The Morgan fingerprint density at radius 1 is 1.05 bits per heavy atom. The van der Waals surface area contributed by atoms with Crippen molar-refractivity contribution in [3.05, 3.63) is 71.8 Å². The van der Waals surface area contributed by atoms with Crippen molar-refractivity contribution >= 4 is 11.7 Å². The van der Waals surface area contributed by atoms with E-state index >= 15 is 0 Å². The lowest BCUT2D eigenvalue weighted by molar-refractivity contribution is -0.145. The third-order valence-corrected chi connectivity index (χ3v) is 3.79. The molecule has 3 nitrogen and oxygen atoms in total. The first-order valence-electron chi connectivity index (χ1n) is 7.11. The average Bonchev–Trinajstić information content (AvgIpc) is 3.35. The summed E-state index contributed by atoms with van der Waals surface area (Å²) in [5.74, 6) is -0.00945. The van der Waals surface area contributed by atoms with E-state index in [1.54, 1.807) is 0 Å². The minimum absolute atomic E-state index is 0.0558. The van der Waals surface area contributed by atoms with Gasteiger partial charge in [0.2, 0.25) is 0 Å². The first kappa shape index (κ1) is 13.6. The Morgan fingerprint density at radius 2 is 1.67 bits per heavy atom. The van der Waals surface area contributed by atoms with Crippen molar-refractivity contribution in [2.45, 2.75) is 19.3 Å². The fourth-order valence-corrected chi connectivity index (χ4v) is 2.44. The van der Waals surface area contributed by atoms with Gasteiger partial charge in [0, 0.05) is 0 Å². The molecule has 0 radical (unpaired) electrons. The predicted octanol–water partition coefficient (Wildman–Crippen LogP) is 3.76. The molecule has 3 rings (SSSR count). The summed E-state index contributed by atoms with van der Waals surface area (Å²) in [5, 5.41) is 3.95. The highest BCUT2D eigenvalue weighted by atomic mass is 16.7. The van der Waals surface area contributed by atoms with Crippen LogP contribution < -0.4 is 0 Å². The summed E-state index contributed by atoms with van der Waals surface area (Å²) in [6, 6.07) is 19.8. The first-order valence-corrected chi connectivity index (χ1v) is 7.11. The van der Waals surface area contributed by atoms with E-state index in [1.165, 1.54) is 5.56 Å². The lowest BCUT2D eigenvalue weighted by Gasteiger charge is -2.01. The van der Waals surface area contributed by atoms with Crippen LogP contribution in [0.2, 0.25) is 0 Å². The van der Waals surface area contributed by atoms with Crippen molar-refractivity contribution < 1.29 is 9.63 Å². The van der Waals surface area contributed by atoms with Gasteiger partial charge in [0.15, 0.2) is 0 Å². The van der Waals surface area contributed by atoms with E-state index in [1.807, 2.05) is 55.5 Å². The monoisotopic (exact) mass is 279 g/mol. The Balaban J connectivity index is 1.59. The van der Waals surface area contributed by atoms with Crippen molar-refractivity contribution in [3.63, 3.8) is 0 Å². The van der Waals surface area contributed by atoms with Gasteiger partial charge in [0.1, 0.15) is 0 Å². The summed E-state index contributed by atoms with van der Waals surface area (Å²) >= 11 is 0. The second-order valence-electron chi connectivity index (χ2n) is 5.31. The van der Waals surface area contributed by atoms with E-state index < -0.39 is 0 Å². The number of rotatable bonds is 4. The number of nitrogens with zero attached hydrogens (tertiary/aromatic N) is 1. The molecule has 0 N–H and O–H groups in total. The molecule has 2 aromatic rings. The van der Waals surface area contributed by atoms with Crippen LogP contribution in [-0.4, -0.2) is 11.7 Å². The molecule has 2 aromatic carbocycles. The third kappa shape index (κ3) is 3.19. The van der Waals surface area contributed by atoms with E-state index in [4.69, 9.17) is 4.84 Å². The largest absolute Gasteiger partial charge is 0.338 e. The lowest BCUT2D eigenvalue weighted by Crippen LogP contribution is -2.06. The fourth-order valence-electron chi connectivity index (χ4n) is 2.44. The molecule has 106 valence electrons. The van der Waals surface area contributed by atoms with Gasteiger partial charge >= 0.3 is 5.97 Å². The molecular formula is C18H17NO2. The third-order valence-electron chi connectivity index (χ3n) is 3.79. The number of hydrogen-bond donors (Lipinski definition) is 0. The van der Waals surface area contributed by atoms with Crippen LogP contribution in [0.3, 0.4) is 0 Å². The number of oxime groups is 1. The SMILES string of the molecule is CC(=NOC(=O)C1CC1c1ccccc1)c1ccccc1. The Kier molecular flexibility index (Phi) is 3.82. The summed E-state index contributed by atoms with van der Waals surface area (Å²) in [4.78, 5) is 17.1. The average molecular weight is 279 g/mol. The molecule has 1 fully saturated rings. The number of carbonyl (C=O) groups excluding carboxylic acids is 1. The molecule has 2 atom stereocenters. The van der Waals surface area contributed by atoms with Crippen LogP contribution in [0.1, 0.15) is 30.4 Å². The van der Waals surface area contributed by atoms with E-state index in [9.17, 15) is 4.79 Å². The maximum atomic E-state index is 12.0. The van der Waals surface area contributed by atoms with Gasteiger partial charge in [-0.3, -0.25) is 0 Å². The zero-order valence-electron chi connectivity index (χ0n) is 11.9. The minimum Gasteiger partial charge on any atom is -0.318 e. The van der Waals surface area contributed by atoms with Crippen molar-refractivity contribution in [2.24, 2.45) is 11.1 Å². The second kappa shape index (κ2) is 5.92. The van der Waals surface area contributed by atoms with E-state index in [0.717, 1.165) is 12.0 Å². The van der Waals surface area contributed by atoms with Gasteiger partial charge in [-0.25, -0.2) is 4.79 Å². The van der Waals surface area contributed by atoms with Gasteiger partial charge in [0.05, 0.1) is 11.6 Å². The van der Waals surface area contributed by atoms with Gasteiger partial charge in [-0.05, 0) is 30.4 Å². The smallest absolute Gasteiger partial charge is 0.318 e. The molecule has 1 saturated carbocycles. The molecule has 0 bridgehead atoms. The quantitative estimate of drug-likeness (QED) is 0.485. The van der Waals surface area contributed by atoms with Crippen molar-refractivity contribution in [3.8, 4) is 0 Å². The van der Waals surface area contributed by atoms with E-state index in [2.05, 4.69) is 17.3 Å². The summed E-state index contributed by atoms with van der Waals surface area (Å²) in [5.41, 5.74) is 2.87. The van der Waals surface area contributed by atoms with Crippen molar-refractivity contribution in [1.82, 2.24) is 0 Å². The zero-order valence-corrected chi connectivity index (χ0v) is 11.9. The molecular weight excluding hydrogens is 262 g/mol. The Bertz CT molecular complexity index is 649. The summed E-state index contributed by atoms with van der Waals surface area (Å²) < 4.78 is 0. The molecule has 1 aliphatic rings. The van der Waals surface area contributed by atoms with Gasteiger partial charge in [-0.2, -0.15) is 0 Å². The van der Waals surface area contributed by atoms with Crippen LogP contribution in [0.4, 0.5) is 0 Å². The molecule has 3 heteroatoms. The molecule has 0 heterocycles. The highest BCUT2D eigenvalue weighted by molar-refractivity contribution is 5.98. The second-order valence-corrected chi connectivity index (χ2v) is 5.31. The molecule has 0 spiro atoms. The lowest BCUT2D eigenvalue weighted by atomic mass is 10.1. The summed E-state index contributed by atoms with van der Waals surface area (Å²) in [6.07, 6.45) is 0.850. The van der Waals surface area contributed by atoms with Crippen LogP contribution >= 0.6 is 0 Å². The van der Waals surface area contributed by atoms with Gasteiger partial charge in [-0.1, -0.05) is 65.8 Å². The predicted molar refractivity (Wildman–Crippen MR) is 82.0 cm³/mol. The Hall–Kier alpha value is -2.42. The maximum absolute atomic E-state index is 12.0. The van der Waals surface area contributed by atoms with Gasteiger partial charge in [0.25, 0.3) is 0 Å². The van der Waals surface area contributed by atoms with Gasteiger partial charge < -0.3 is 4.84 Å². The Labute approximate surface area is 124 Å². The van der Waals surface area contributed by atoms with Crippen molar-refractivity contribution in [2.75, 3.05) is 0 Å². The minimum atomic E-state index is -0.237. The summed E-state index contributed by atoms with van der Waals surface area (Å²) in [6.45, 7) is 1.84. The molecule has 0 aliphatic heterocycles. The molecule has 2 unspecified atom stereocenters. The molecule has 0 saturated heterocycles. The molecule has 0 amide bonds. The molecule has 21 heavy (non-hydrogen) atoms. The van der Waals surface area contributed by atoms with E-state index in [-0.39, 0.29) is 17.8 Å². The highest BCUT2D eigenvalue weighted by Gasteiger charge is 2.45.